The highest BCUT2D eigenvalue weighted by atomic mass is 35.5. The summed E-state index contributed by atoms with van der Waals surface area (Å²) in [5.74, 6) is 1.20. The van der Waals surface area contributed by atoms with Crippen LogP contribution in [0.25, 0.3) is 0 Å². The van der Waals surface area contributed by atoms with Crippen LogP contribution in [-0.2, 0) is 11.2 Å². The Hall–Kier alpha value is -0.800. The second-order valence-electron chi connectivity index (χ2n) is 4.50. The summed E-state index contributed by atoms with van der Waals surface area (Å²) in [5, 5.41) is 0. The summed E-state index contributed by atoms with van der Waals surface area (Å²) in [6.45, 7) is 2.11. The molecule has 18 heavy (non-hydrogen) atoms. The Morgan fingerprint density at radius 1 is 1.39 bits per heavy atom. The number of carbonyl (C=O) groups is 1. The molecule has 104 valence electrons. The third-order valence-electron chi connectivity index (χ3n) is 2.96. The van der Waals surface area contributed by atoms with Gasteiger partial charge in [-0.25, -0.2) is 0 Å². The molecule has 1 heterocycles. The van der Waals surface area contributed by atoms with E-state index in [9.17, 15) is 4.79 Å². The summed E-state index contributed by atoms with van der Waals surface area (Å²) in [5.41, 5.74) is 5.81. The highest BCUT2D eigenvalue weighted by Crippen LogP contribution is 2.09. The van der Waals surface area contributed by atoms with Crippen LogP contribution in [0.1, 0.15) is 51.2 Å². The molecule has 0 aromatic carbocycles. The molecule has 1 aromatic heterocycles. The summed E-state index contributed by atoms with van der Waals surface area (Å²) in [6, 6.07) is 3.61. The molecule has 0 aliphatic heterocycles. The third-order valence-corrected chi connectivity index (χ3v) is 2.96. The second-order valence-corrected chi connectivity index (χ2v) is 4.50. The van der Waals surface area contributed by atoms with Gasteiger partial charge in [0.1, 0.15) is 11.5 Å². The van der Waals surface area contributed by atoms with E-state index in [0.29, 0.717) is 6.42 Å². The van der Waals surface area contributed by atoms with E-state index >= 15 is 0 Å². The number of rotatable bonds is 9. The molecular formula is C14H24ClNO2. The molecule has 0 bridgehead atoms. The van der Waals surface area contributed by atoms with Gasteiger partial charge in [-0.3, -0.25) is 4.79 Å². The van der Waals surface area contributed by atoms with Gasteiger partial charge in [0.25, 0.3) is 0 Å². The molecule has 0 unspecified atom stereocenters. The molecule has 0 spiro atoms. The smallest absolute Gasteiger partial charge is 0.149 e. The maximum absolute atomic E-state index is 11.7. The number of hydrogen-bond donors (Lipinski definition) is 1. The first-order valence-corrected chi connectivity index (χ1v) is 6.54. The van der Waals surface area contributed by atoms with Crippen molar-refractivity contribution in [3.8, 4) is 0 Å². The standard InChI is InChI=1S/C14H23NO2.ClH/c1-2-3-9-13(15)14(16)10-5-4-7-12-8-6-11-17-12;/h6,8,11,13H,2-5,7,9-10,15H2,1H3;1H/t13-;/m0./s1. The van der Waals surface area contributed by atoms with Crippen LogP contribution in [-0.4, -0.2) is 11.8 Å². The third kappa shape index (κ3) is 6.82. The highest BCUT2D eigenvalue weighted by Gasteiger charge is 2.11. The highest BCUT2D eigenvalue weighted by molar-refractivity contribution is 5.85. The van der Waals surface area contributed by atoms with Crippen molar-refractivity contribution in [1.29, 1.82) is 0 Å². The van der Waals surface area contributed by atoms with Crippen molar-refractivity contribution in [1.82, 2.24) is 0 Å². The molecule has 4 heteroatoms. The van der Waals surface area contributed by atoms with Gasteiger partial charge < -0.3 is 10.2 Å². The summed E-state index contributed by atoms with van der Waals surface area (Å²) in [7, 11) is 0. The zero-order valence-corrected chi connectivity index (χ0v) is 11.9. The Morgan fingerprint density at radius 3 is 2.78 bits per heavy atom. The van der Waals surface area contributed by atoms with Crippen LogP contribution in [0.5, 0.6) is 0 Å². The minimum Gasteiger partial charge on any atom is -0.469 e. The van der Waals surface area contributed by atoms with Crippen LogP contribution in [0.15, 0.2) is 22.8 Å². The van der Waals surface area contributed by atoms with Crippen molar-refractivity contribution in [2.45, 2.75) is 57.9 Å². The molecule has 0 radical (unpaired) electrons. The topological polar surface area (TPSA) is 56.2 Å². The summed E-state index contributed by atoms with van der Waals surface area (Å²) < 4.78 is 5.23. The average Bonchev–Trinajstić information content (AvgIpc) is 2.84. The van der Waals surface area contributed by atoms with Crippen molar-refractivity contribution < 1.29 is 9.21 Å². The van der Waals surface area contributed by atoms with Crippen LogP contribution in [0.4, 0.5) is 0 Å². The number of carbonyl (C=O) groups excluding carboxylic acids is 1. The van der Waals surface area contributed by atoms with Gasteiger partial charge in [-0.1, -0.05) is 19.8 Å². The fourth-order valence-electron chi connectivity index (χ4n) is 1.82. The number of aryl methyl sites for hydroxylation is 1. The van der Waals surface area contributed by atoms with Gasteiger partial charge in [-0.05, 0) is 31.4 Å². The molecular weight excluding hydrogens is 250 g/mol. The lowest BCUT2D eigenvalue weighted by molar-refractivity contribution is -0.120. The molecule has 1 rings (SSSR count). The van der Waals surface area contributed by atoms with Gasteiger partial charge in [0, 0.05) is 12.8 Å². The fraction of sp³-hybridized carbons (Fsp3) is 0.643. The number of unbranched alkanes of at least 4 members (excludes halogenated alkanes) is 2. The predicted octanol–water partition coefficient (Wildman–Crippen LogP) is 3.50. The Bertz CT molecular complexity index is 312. The number of halogens is 1. The first-order chi connectivity index (χ1) is 8.24. The van der Waals surface area contributed by atoms with Crippen LogP contribution in [0.3, 0.4) is 0 Å². The van der Waals surface area contributed by atoms with Gasteiger partial charge in [-0.15, -0.1) is 12.4 Å². The quantitative estimate of drug-likeness (QED) is 0.701. The van der Waals surface area contributed by atoms with Gasteiger partial charge in [0.05, 0.1) is 12.3 Å². The number of nitrogens with two attached hydrogens (primary N) is 1. The summed E-state index contributed by atoms with van der Waals surface area (Å²) >= 11 is 0. The Balaban J connectivity index is 0.00000289. The lowest BCUT2D eigenvalue weighted by atomic mass is 10.0. The van der Waals surface area contributed by atoms with E-state index in [-0.39, 0.29) is 24.2 Å². The molecule has 3 nitrogen and oxygen atoms in total. The molecule has 1 aromatic rings. The SMILES string of the molecule is CCCC[C@H](N)C(=O)CCCCc1ccco1.Cl. The zero-order valence-electron chi connectivity index (χ0n) is 11.1. The van der Waals surface area contributed by atoms with Gasteiger partial charge in [0.15, 0.2) is 0 Å². The van der Waals surface area contributed by atoms with Crippen molar-refractivity contribution in [2.24, 2.45) is 5.73 Å². The van der Waals surface area contributed by atoms with Crippen LogP contribution in [0.2, 0.25) is 0 Å². The first kappa shape index (κ1) is 17.2. The lowest BCUT2D eigenvalue weighted by Gasteiger charge is -2.09. The maximum Gasteiger partial charge on any atom is 0.149 e. The zero-order chi connectivity index (χ0) is 12.5. The second kappa shape index (κ2) is 10.2. The fourth-order valence-corrected chi connectivity index (χ4v) is 1.82. The Kier molecular flexibility index (Phi) is 9.70. The molecule has 0 saturated heterocycles. The van der Waals surface area contributed by atoms with Crippen LogP contribution in [0, 0.1) is 0 Å². The minimum atomic E-state index is -0.251. The van der Waals surface area contributed by atoms with Crippen molar-refractivity contribution >= 4 is 18.2 Å². The van der Waals surface area contributed by atoms with E-state index in [1.807, 2.05) is 12.1 Å². The molecule has 0 amide bonds. The van der Waals surface area contributed by atoms with E-state index in [1.54, 1.807) is 6.26 Å². The Morgan fingerprint density at radius 2 is 2.17 bits per heavy atom. The van der Waals surface area contributed by atoms with E-state index in [4.69, 9.17) is 10.2 Å². The molecule has 0 aliphatic carbocycles. The number of Topliss-reactive ketones (excluding diaryl/α,β-unsaturated/α-hetero) is 1. The maximum atomic E-state index is 11.7. The summed E-state index contributed by atoms with van der Waals surface area (Å²) in [4.78, 5) is 11.7. The molecule has 2 N–H and O–H groups in total. The van der Waals surface area contributed by atoms with Gasteiger partial charge in [0.2, 0.25) is 0 Å². The average molecular weight is 274 g/mol. The molecule has 0 saturated carbocycles. The van der Waals surface area contributed by atoms with Crippen LogP contribution >= 0.6 is 12.4 Å². The van der Waals surface area contributed by atoms with E-state index in [1.165, 1.54) is 0 Å². The number of hydrogen-bond acceptors (Lipinski definition) is 3. The van der Waals surface area contributed by atoms with E-state index < -0.39 is 0 Å². The summed E-state index contributed by atoms with van der Waals surface area (Å²) in [6.07, 6.45) is 8.04. The van der Waals surface area contributed by atoms with Crippen molar-refractivity contribution in [3.63, 3.8) is 0 Å². The van der Waals surface area contributed by atoms with Crippen LogP contribution < -0.4 is 5.73 Å². The molecule has 0 aliphatic rings. The van der Waals surface area contributed by atoms with E-state index in [0.717, 1.165) is 44.3 Å². The van der Waals surface area contributed by atoms with Crippen molar-refractivity contribution in [3.05, 3.63) is 24.2 Å². The normalized spacial score (nSPS) is 11.9. The number of ketones is 1. The molecule has 1 atom stereocenters. The van der Waals surface area contributed by atoms with E-state index in [2.05, 4.69) is 6.92 Å². The minimum absolute atomic E-state index is 0. The number of furan rings is 1. The molecule has 0 fully saturated rings. The Labute approximate surface area is 116 Å². The lowest BCUT2D eigenvalue weighted by Crippen LogP contribution is -2.30. The monoisotopic (exact) mass is 273 g/mol. The predicted molar refractivity (Wildman–Crippen MR) is 76.0 cm³/mol. The first-order valence-electron chi connectivity index (χ1n) is 6.54. The van der Waals surface area contributed by atoms with Gasteiger partial charge in [-0.2, -0.15) is 0 Å². The van der Waals surface area contributed by atoms with Gasteiger partial charge >= 0.3 is 0 Å². The van der Waals surface area contributed by atoms with Crippen molar-refractivity contribution in [2.75, 3.05) is 0 Å². The largest absolute Gasteiger partial charge is 0.469 e.